The van der Waals surface area contributed by atoms with Gasteiger partial charge in [0, 0.05) is 37.8 Å². The maximum atomic E-state index is 12.0. The number of aromatic amines is 1. The fraction of sp³-hybridized carbons (Fsp3) is 0.353. The van der Waals surface area contributed by atoms with Crippen LogP contribution >= 0.6 is 0 Å². The molecule has 0 spiro atoms. The van der Waals surface area contributed by atoms with E-state index in [0.29, 0.717) is 44.4 Å². The first-order valence-corrected chi connectivity index (χ1v) is 8.01. The van der Waals surface area contributed by atoms with E-state index in [4.69, 9.17) is 4.74 Å². The van der Waals surface area contributed by atoms with Crippen molar-refractivity contribution >= 4 is 12.0 Å². The van der Waals surface area contributed by atoms with Gasteiger partial charge in [-0.2, -0.15) is 0 Å². The first-order chi connectivity index (χ1) is 11.7. The Kier molecular flexibility index (Phi) is 4.79. The molecule has 1 fully saturated rings. The number of piperazine rings is 1. The number of anilines is 1. The average molecular weight is 328 g/mol. The summed E-state index contributed by atoms with van der Waals surface area (Å²) in [5, 5.41) is 0. The zero-order chi connectivity index (χ0) is 16.9. The molecule has 0 bridgehead atoms. The topological polar surface area (TPSA) is 78.5 Å². The van der Waals surface area contributed by atoms with Crippen molar-refractivity contribution in [2.24, 2.45) is 0 Å². The van der Waals surface area contributed by atoms with Crippen molar-refractivity contribution in [1.29, 1.82) is 0 Å². The van der Waals surface area contributed by atoms with Gasteiger partial charge in [-0.25, -0.2) is 9.78 Å². The minimum Gasteiger partial charge on any atom is -0.450 e. The van der Waals surface area contributed by atoms with Crippen LogP contribution in [0.15, 0.2) is 41.2 Å². The zero-order valence-corrected chi connectivity index (χ0v) is 13.6. The number of amides is 1. The third-order valence-corrected chi connectivity index (χ3v) is 3.90. The molecule has 1 saturated heterocycles. The molecule has 3 rings (SSSR count). The Morgan fingerprint density at radius 3 is 2.58 bits per heavy atom. The molecule has 2 aromatic rings. The Morgan fingerprint density at radius 1 is 1.21 bits per heavy atom. The van der Waals surface area contributed by atoms with Crippen LogP contribution < -0.4 is 10.5 Å². The molecule has 1 aliphatic rings. The Balaban J connectivity index is 1.76. The predicted octanol–water partition coefficient (Wildman–Crippen LogP) is 1.72. The largest absolute Gasteiger partial charge is 0.450 e. The average Bonchev–Trinajstić information content (AvgIpc) is 2.62. The van der Waals surface area contributed by atoms with Crippen LogP contribution in [0.3, 0.4) is 0 Å². The standard InChI is InChI=1S/C17H20N4O3/c1-2-24-17(23)21-10-8-20(9-11-21)16-18-14(12-15(22)19-16)13-6-4-3-5-7-13/h3-7,12H,2,8-11H2,1H3,(H,18,19,22). The second-order valence-corrected chi connectivity index (χ2v) is 5.49. The molecule has 0 aliphatic carbocycles. The Hall–Kier alpha value is -2.83. The Labute approximate surface area is 139 Å². The van der Waals surface area contributed by atoms with E-state index in [2.05, 4.69) is 9.97 Å². The fourth-order valence-corrected chi connectivity index (χ4v) is 2.67. The smallest absolute Gasteiger partial charge is 0.409 e. The van der Waals surface area contributed by atoms with Crippen molar-refractivity contribution in [3.8, 4) is 11.3 Å². The predicted molar refractivity (Wildman–Crippen MR) is 91.1 cm³/mol. The lowest BCUT2D eigenvalue weighted by Gasteiger charge is -2.34. The van der Waals surface area contributed by atoms with Crippen molar-refractivity contribution < 1.29 is 9.53 Å². The summed E-state index contributed by atoms with van der Waals surface area (Å²) >= 11 is 0. The molecule has 126 valence electrons. The molecule has 1 amide bonds. The molecule has 1 aliphatic heterocycles. The number of hydrogen-bond donors (Lipinski definition) is 1. The van der Waals surface area contributed by atoms with Crippen LogP contribution in [0, 0.1) is 0 Å². The van der Waals surface area contributed by atoms with Crippen molar-refractivity contribution in [1.82, 2.24) is 14.9 Å². The summed E-state index contributed by atoms with van der Waals surface area (Å²) < 4.78 is 5.01. The molecule has 24 heavy (non-hydrogen) atoms. The van der Waals surface area contributed by atoms with Crippen LogP contribution in [0.4, 0.5) is 10.7 Å². The van der Waals surface area contributed by atoms with Gasteiger partial charge in [-0.05, 0) is 6.92 Å². The lowest BCUT2D eigenvalue weighted by molar-refractivity contribution is 0.105. The summed E-state index contributed by atoms with van der Waals surface area (Å²) in [5.41, 5.74) is 1.35. The van der Waals surface area contributed by atoms with Crippen LogP contribution in [0.5, 0.6) is 0 Å². The van der Waals surface area contributed by atoms with Crippen LogP contribution in [-0.2, 0) is 4.74 Å². The normalized spacial score (nSPS) is 14.5. The molecule has 7 nitrogen and oxygen atoms in total. The second kappa shape index (κ2) is 7.16. The maximum absolute atomic E-state index is 12.0. The van der Waals surface area contributed by atoms with Gasteiger partial charge in [-0.15, -0.1) is 0 Å². The Morgan fingerprint density at radius 2 is 1.92 bits per heavy atom. The highest BCUT2D eigenvalue weighted by Gasteiger charge is 2.23. The number of aromatic nitrogens is 2. The highest BCUT2D eigenvalue weighted by Crippen LogP contribution is 2.18. The van der Waals surface area contributed by atoms with E-state index in [9.17, 15) is 9.59 Å². The summed E-state index contributed by atoms with van der Waals surface area (Å²) in [6.45, 7) is 4.43. The third-order valence-electron chi connectivity index (χ3n) is 3.90. The van der Waals surface area contributed by atoms with E-state index < -0.39 is 0 Å². The first kappa shape index (κ1) is 16.0. The molecular weight excluding hydrogens is 308 g/mol. The van der Waals surface area contributed by atoms with Crippen molar-refractivity contribution in [2.75, 3.05) is 37.7 Å². The van der Waals surface area contributed by atoms with Crippen LogP contribution in [0.1, 0.15) is 6.92 Å². The summed E-state index contributed by atoms with van der Waals surface area (Å²) in [5.74, 6) is 0.532. The number of rotatable bonds is 3. The highest BCUT2D eigenvalue weighted by molar-refractivity contribution is 5.68. The van der Waals surface area contributed by atoms with Crippen LogP contribution in [-0.4, -0.2) is 53.7 Å². The molecule has 0 saturated carbocycles. The van der Waals surface area contributed by atoms with E-state index in [1.807, 2.05) is 35.2 Å². The summed E-state index contributed by atoms with van der Waals surface area (Å²) in [7, 11) is 0. The SMILES string of the molecule is CCOC(=O)N1CCN(c2nc(-c3ccccc3)cc(=O)[nH]2)CC1. The minimum absolute atomic E-state index is 0.188. The molecule has 0 atom stereocenters. The number of benzene rings is 1. The lowest BCUT2D eigenvalue weighted by Crippen LogP contribution is -2.49. The van der Waals surface area contributed by atoms with E-state index in [1.165, 1.54) is 6.07 Å². The van der Waals surface area contributed by atoms with Gasteiger partial charge < -0.3 is 14.5 Å². The number of carbonyl (C=O) groups is 1. The van der Waals surface area contributed by atoms with E-state index in [-0.39, 0.29) is 11.7 Å². The molecule has 0 unspecified atom stereocenters. The van der Waals surface area contributed by atoms with Crippen LogP contribution in [0.2, 0.25) is 0 Å². The maximum Gasteiger partial charge on any atom is 0.409 e. The summed E-state index contributed by atoms with van der Waals surface area (Å²) in [6.07, 6.45) is -0.295. The first-order valence-electron chi connectivity index (χ1n) is 8.01. The number of hydrogen-bond acceptors (Lipinski definition) is 5. The number of nitrogens with zero attached hydrogens (tertiary/aromatic N) is 3. The van der Waals surface area contributed by atoms with Crippen LogP contribution in [0.25, 0.3) is 11.3 Å². The van der Waals surface area contributed by atoms with Gasteiger partial charge in [-0.3, -0.25) is 9.78 Å². The highest BCUT2D eigenvalue weighted by atomic mass is 16.6. The van der Waals surface area contributed by atoms with Gasteiger partial charge in [0.05, 0.1) is 12.3 Å². The molecular formula is C17H20N4O3. The van der Waals surface area contributed by atoms with E-state index in [0.717, 1.165) is 5.56 Å². The fourth-order valence-electron chi connectivity index (χ4n) is 2.67. The van der Waals surface area contributed by atoms with Gasteiger partial charge >= 0.3 is 6.09 Å². The second-order valence-electron chi connectivity index (χ2n) is 5.49. The monoisotopic (exact) mass is 328 g/mol. The molecule has 1 aromatic heterocycles. The van der Waals surface area contributed by atoms with Crippen molar-refractivity contribution in [2.45, 2.75) is 6.92 Å². The molecule has 1 aromatic carbocycles. The summed E-state index contributed by atoms with van der Waals surface area (Å²) in [4.78, 5) is 34.7. The third kappa shape index (κ3) is 3.56. The number of ether oxygens (including phenoxy) is 1. The summed E-state index contributed by atoms with van der Waals surface area (Å²) in [6, 6.07) is 11.1. The molecule has 7 heteroatoms. The lowest BCUT2D eigenvalue weighted by atomic mass is 10.1. The van der Waals surface area contributed by atoms with Gasteiger partial charge in [0.15, 0.2) is 0 Å². The number of nitrogens with one attached hydrogen (secondary N) is 1. The van der Waals surface area contributed by atoms with Gasteiger partial charge in [0.25, 0.3) is 5.56 Å². The number of carbonyl (C=O) groups excluding carboxylic acids is 1. The van der Waals surface area contributed by atoms with Crippen molar-refractivity contribution in [3.05, 3.63) is 46.8 Å². The van der Waals surface area contributed by atoms with Gasteiger partial charge in [0.2, 0.25) is 5.95 Å². The molecule has 2 heterocycles. The quantitative estimate of drug-likeness (QED) is 0.928. The number of H-pyrrole nitrogens is 1. The zero-order valence-electron chi connectivity index (χ0n) is 13.6. The van der Waals surface area contributed by atoms with Gasteiger partial charge in [-0.1, -0.05) is 30.3 Å². The van der Waals surface area contributed by atoms with E-state index >= 15 is 0 Å². The molecule has 0 radical (unpaired) electrons. The van der Waals surface area contributed by atoms with Gasteiger partial charge in [0.1, 0.15) is 0 Å². The van der Waals surface area contributed by atoms with E-state index in [1.54, 1.807) is 11.8 Å². The van der Waals surface area contributed by atoms with Crippen molar-refractivity contribution in [3.63, 3.8) is 0 Å². The minimum atomic E-state index is -0.295. The molecule has 1 N–H and O–H groups in total. The Bertz CT molecular complexity index is 752.